The van der Waals surface area contributed by atoms with Crippen LogP contribution in [0.5, 0.6) is 17.2 Å². The van der Waals surface area contributed by atoms with Crippen LogP contribution < -0.4 is 19.5 Å². The standard InChI is InChI=1S/C21H24BrNO4/c1-24-13-6-7-17-15(11-13)20-14(5-4-8-27-20)19(23-17)12-9-16(22)21(26-3)18(10-12)25-2/h6-7,9-11,14,19-20,23H,4-5,8H2,1-3H3/t14-,19+,20-/m0/s1. The molecular formula is C21H24BrNO4. The van der Waals surface area contributed by atoms with Crippen molar-refractivity contribution in [1.82, 2.24) is 0 Å². The third-order valence-electron chi connectivity index (χ3n) is 5.49. The van der Waals surface area contributed by atoms with Gasteiger partial charge in [-0.2, -0.15) is 0 Å². The Morgan fingerprint density at radius 1 is 1.07 bits per heavy atom. The van der Waals surface area contributed by atoms with Crippen LogP contribution in [-0.2, 0) is 4.74 Å². The number of benzene rings is 2. The first-order chi connectivity index (χ1) is 13.2. The van der Waals surface area contributed by atoms with E-state index in [2.05, 4.69) is 45.5 Å². The fraction of sp³-hybridized carbons (Fsp3) is 0.429. The molecule has 3 atom stereocenters. The first kappa shape index (κ1) is 18.4. The van der Waals surface area contributed by atoms with Crippen LogP contribution in [0.1, 0.15) is 36.1 Å². The molecular weight excluding hydrogens is 410 g/mol. The van der Waals surface area contributed by atoms with Crippen molar-refractivity contribution in [2.75, 3.05) is 33.3 Å². The fourth-order valence-corrected chi connectivity index (χ4v) is 4.84. The van der Waals surface area contributed by atoms with E-state index >= 15 is 0 Å². The lowest BCUT2D eigenvalue weighted by atomic mass is 9.77. The summed E-state index contributed by atoms with van der Waals surface area (Å²) in [7, 11) is 5.01. The molecule has 0 saturated carbocycles. The van der Waals surface area contributed by atoms with Crippen LogP contribution in [0.2, 0.25) is 0 Å². The van der Waals surface area contributed by atoms with Crippen molar-refractivity contribution in [3.8, 4) is 17.2 Å². The van der Waals surface area contributed by atoms with Gasteiger partial charge in [0.2, 0.25) is 0 Å². The molecule has 6 heteroatoms. The summed E-state index contributed by atoms with van der Waals surface area (Å²) >= 11 is 3.62. The van der Waals surface area contributed by atoms with Crippen LogP contribution in [-0.4, -0.2) is 27.9 Å². The number of halogens is 1. The van der Waals surface area contributed by atoms with E-state index in [4.69, 9.17) is 18.9 Å². The number of ether oxygens (including phenoxy) is 4. The van der Waals surface area contributed by atoms with Gasteiger partial charge in [-0.3, -0.25) is 0 Å². The second-order valence-electron chi connectivity index (χ2n) is 6.91. The molecule has 0 amide bonds. The SMILES string of the molecule is COc1ccc2c(c1)[C@H]1OCCC[C@H]1[C@@H](c1cc(Br)c(OC)c(OC)c1)N2. The van der Waals surface area contributed by atoms with Crippen LogP contribution in [0.3, 0.4) is 0 Å². The smallest absolute Gasteiger partial charge is 0.174 e. The summed E-state index contributed by atoms with van der Waals surface area (Å²) in [5.41, 5.74) is 3.42. The minimum Gasteiger partial charge on any atom is -0.497 e. The summed E-state index contributed by atoms with van der Waals surface area (Å²) < 4.78 is 23.6. The Balaban J connectivity index is 1.78. The number of fused-ring (bicyclic) bond motifs is 3. The summed E-state index contributed by atoms with van der Waals surface area (Å²) in [6.45, 7) is 0.792. The largest absolute Gasteiger partial charge is 0.497 e. The molecule has 1 fully saturated rings. The zero-order valence-electron chi connectivity index (χ0n) is 15.8. The molecule has 2 aromatic rings. The van der Waals surface area contributed by atoms with Crippen LogP contribution in [0, 0.1) is 5.92 Å². The van der Waals surface area contributed by atoms with Crippen LogP contribution in [0.4, 0.5) is 5.69 Å². The monoisotopic (exact) mass is 433 g/mol. The number of nitrogens with one attached hydrogen (secondary N) is 1. The lowest BCUT2D eigenvalue weighted by Gasteiger charge is -2.43. The molecule has 2 aromatic carbocycles. The van der Waals surface area contributed by atoms with Crippen molar-refractivity contribution in [2.45, 2.75) is 25.0 Å². The highest BCUT2D eigenvalue weighted by Crippen LogP contribution is 2.51. The van der Waals surface area contributed by atoms with Crippen molar-refractivity contribution >= 4 is 21.6 Å². The molecule has 0 unspecified atom stereocenters. The lowest BCUT2D eigenvalue weighted by Crippen LogP contribution is -2.36. The number of anilines is 1. The summed E-state index contributed by atoms with van der Waals surface area (Å²) in [6, 6.07) is 10.4. The van der Waals surface area contributed by atoms with Gasteiger partial charge in [-0.15, -0.1) is 0 Å². The second-order valence-corrected chi connectivity index (χ2v) is 7.77. The number of methoxy groups -OCH3 is 3. The van der Waals surface area contributed by atoms with E-state index in [1.807, 2.05) is 6.07 Å². The number of hydrogen-bond donors (Lipinski definition) is 1. The van der Waals surface area contributed by atoms with Gasteiger partial charge in [0.15, 0.2) is 11.5 Å². The van der Waals surface area contributed by atoms with Gasteiger partial charge in [0.1, 0.15) is 5.75 Å². The van der Waals surface area contributed by atoms with E-state index in [0.29, 0.717) is 11.7 Å². The Kier molecular flexibility index (Phi) is 5.19. The Morgan fingerprint density at radius 2 is 1.93 bits per heavy atom. The molecule has 2 aliphatic rings. The molecule has 4 rings (SSSR count). The minimum absolute atomic E-state index is 0.0574. The van der Waals surface area contributed by atoms with Crippen LogP contribution in [0.25, 0.3) is 0 Å². The zero-order valence-corrected chi connectivity index (χ0v) is 17.3. The summed E-state index contributed by atoms with van der Waals surface area (Å²) in [6.07, 6.45) is 2.22. The average molecular weight is 434 g/mol. The average Bonchev–Trinajstić information content (AvgIpc) is 2.72. The van der Waals surface area contributed by atoms with Crippen LogP contribution in [0.15, 0.2) is 34.8 Å². The molecule has 5 nitrogen and oxygen atoms in total. The minimum atomic E-state index is 0.0574. The molecule has 2 heterocycles. The molecule has 0 aliphatic carbocycles. The topological polar surface area (TPSA) is 49.0 Å². The summed E-state index contributed by atoms with van der Waals surface area (Å²) in [4.78, 5) is 0. The Morgan fingerprint density at radius 3 is 2.67 bits per heavy atom. The quantitative estimate of drug-likeness (QED) is 0.725. The van der Waals surface area contributed by atoms with Crippen LogP contribution >= 0.6 is 15.9 Å². The first-order valence-electron chi connectivity index (χ1n) is 9.13. The van der Waals surface area contributed by atoms with E-state index in [1.165, 1.54) is 5.56 Å². The normalized spacial score (nSPS) is 23.6. The van der Waals surface area contributed by atoms with Gasteiger partial charge >= 0.3 is 0 Å². The van der Waals surface area contributed by atoms with Gasteiger partial charge in [0.05, 0.1) is 37.9 Å². The molecule has 0 radical (unpaired) electrons. The predicted molar refractivity (Wildman–Crippen MR) is 108 cm³/mol. The van der Waals surface area contributed by atoms with Gasteiger partial charge in [-0.05, 0) is 64.7 Å². The van der Waals surface area contributed by atoms with Gasteiger partial charge in [0, 0.05) is 23.8 Å². The van der Waals surface area contributed by atoms with Gasteiger partial charge < -0.3 is 24.3 Å². The third-order valence-corrected chi connectivity index (χ3v) is 6.08. The van der Waals surface area contributed by atoms with Crippen molar-refractivity contribution < 1.29 is 18.9 Å². The third kappa shape index (κ3) is 3.25. The lowest BCUT2D eigenvalue weighted by molar-refractivity contribution is -0.0382. The maximum absolute atomic E-state index is 6.23. The molecule has 1 N–H and O–H groups in total. The van der Waals surface area contributed by atoms with E-state index in [9.17, 15) is 0 Å². The second kappa shape index (κ2) is 7.60. The van der Waals surface area contributed by atoms with E-state index in [-0.39, 0.29) is 12.1 Å². The van der Waals surface area contributed by atoms with E-state index in [0.717, 1.165) is 46.7 Å². The van der Waals surface area contributed by atoms with E-state index in [1.54, 1.807) is 21.3 Å². The molecule has 0 aromatic heterocycles. The highest BCUT2D eigenvalue weighted by Gasteiger charge is 2.40. The van der Waals surface area contributed by atoms with Gasteiger partial charge in [-0.25, -0.2) is 0 Å². The number of rotatable bonds is 4. The Labute approximate surface area is 168 Å². The Bertz CT molecular complexity index is 841. The maximum Gasteiger partial charge on any atom is 0.174 e. The highest BCUT2D eigenvalue weighted by atomic mass is 79.9. The molecule has 144 valence electrons. The zero-order chi connectivity index (χ0) is 19.0. The molecule has 0 bridgehead atoms. The number of hydrogen-bond acceptors (Lipinski definition) is 5. The Hall–Kier alpha value is -1.92. The van der Waals surface area contributed by atoms with E-state index < -0.39 is 0 Å². The van der Waals surface area contributed by atoms with Gasteiger partial charge in [0.25, 0.3) is 0 Å². The first-order valence-corrected chi connectivity index (χ1v) is 9.93. The molecule has 0 spiro atoms. The van der Waals surface area contributed by atoms with Gasteiger partial charge in [-0.1, -0.05) is 0 Å². The fourth-order valence-electron chi connectivity index (χ4n) is 4.22. The van der Waals surface area contributed by atoms with Crippen molar-refractivity contribution in [2.24, 2.45) is 5.92 Å². The molecule has 1 saturated heterocycles. The maximum atomic E-state index is 6.23. The molecule has 27 heavy (non-hydrogen) atoms. The predicted octanol–water partition coefficient (Wildman–Crippen LogP) is 5.11. The van der Waals surface area contributed by atoms with Crippen molar-refractivity contribution in [3.63, 3.8) is 0 Å². The summed E-state index contributed by atoms with van der Waals surface area (Å²) in [5.74, 6) is 2.62. The highest BCUT2D eigenvalue weighted by molar-refractivity contribution is 9.10. The van der Waals surface area contributed by atoms with Crippen molar-refractivity contribution in [1.29, 1.82) is 0 Å². The molecule has 2 aliphatic heterocycles. The van der Waals surface area contributed by atoms with Crippen molar-refractivity contribution in [3.05, 3.63) is 45.9 Å². The summed E-state index contributed by atoms with van der Waals surface area (Å²) in [5, 5.41) is 3.73.